The SMILES string of the molecule is CCCOCC(=O)C=Cc1ccc(O)c2c1[C@@H](C)[C@H]1C(C2=O)C(=O)[C@@]2(O)C(=O)C(C(N)=O)C(=O)[C@H](N(C)C)[C@H]2[C@@H]1O. The Hall–Kier alpha value is -3.58. The summed E-state index contributed by atoms with van der Waals surface area (Å²) in [6.07, 6.45) is 1.70. The Balaban J connectivity index is 1.86. The molecule has 3 aliphatic carbocycles. The van der Waals surface area contributed by atoms with E-state index in [0.29, 0.717) is 12.2 Å². The van der Waals surface area contributed by atoms with Gasteiger partial charge in [-0.3, -0.25) is 33.7 Å². The summed E-state index contributed by atoms with van der Waals surface area (Å²) in [6, 6.07) is 1.25. The molecule has 0 aromatic heterocycles. The van der Waals surface area contributed by atoms with E-state index in [1.807, 2.05) is 6.92 Å². The van der Waals surface area contributed by atoms with Crippen LogP contribution in [0.4, 0.5) is 0 Å². The van der Waals surface area contributed by atoms with Crippen molar-refractivity contribution < 1.29 is 48.8 Å². The quantitative estimate of drug-likeness (QED) is 0.177. The second-order valence-corrected chi connectivity index (χ2v) is 11.2. The first-order valence-corrected chi connectivity index (χ1v) is 13.4. The highest BCUT2D eigenvalue weighted by molar-refractivity contribution is 6.32. The van der Waals surface area contributed by atoms with Crippen molar-refractivity contribution in [2.24, 2.45) is 29.4 Å². The van der Waals surface area contributed by atoms with Crippen molar-refractivity contribution in [1.82, 2.24) is 4.90 Å². The molecule has 12 nitrogen and oxygen atoms in total. The molecule has 0 spiro atoms. The van der Waals surface area contributed by atoms with Gasteiger partial charge in [-0.2, -0.15) is 0 Å². The number of hydrogen-bond acceptors (Lipinski definition) is 11. The van der Waals surface area contributed by atoms with Crippen molar-refractivity contribution in [3.05, 3.63) is 34.9 Å². The molecular weight excluding hydrogens is 536 g/mol. The van der Waals surface area contributed by atoms with E-state index in [-0.39, 0.29) is 23.5 Å². The van der Waals surface area contributed by atoms with Gasteiger partial charge >= 0.3 is 0 Å². The Morgan fingerprint density at radius 1 is 1.15 bits per heavy atom. The maximum Gasteiger partial charge on any atom is 0.235 e. The number of aliphatic hydroxyl groups excluding tert-OH is 1. The van der Waals surface area contributed by atoms with E-state index in [4.69, 9.17) is 10.5 Å². The Morgan fingerprint density at radius 2 is 1.80 bits per heavy atom. The number of aliphatic hydroxyl groups is 2. The van der Waals surface area contributed by atoms with Gasteiger partial charge in [0.25, 0.3) is 0 Å². The van der Waals surface area contributed by atoms with Crippen molar-refractivity contribution in [2.75, 3.05) is 27.3 Å². The molecule has 2 fully saturated rings. The predicted octanol–water partition coefficient (Wildman–Crippen LogP) is -0.592. The first kappa shape index (κ1) is 30.4. The molecule has 1 aromatic rings. The van der Waals surface area contributed by atoms with E-state index in [9.17, 15) is 44.1 Å². The standard InChI is InChI=1S/C29H34N2O10/c1-5-10-41-11-14(32)8-6-13-7-9-15(33)18-16(13)12(2)17-19(23(18)34)26(37)29(40)21(24(17)35)22(31(3)4)25(36)20(27(29)38)28(30)39/h6-9,12,17,19-22,24,33,35,40H,5,10-11H2,1-4H3,(H2,30,39)/t12-,17+,19?,20?,21+,22-,24-,29-/m1/s1. The Bertz CT molecular complexity index is 1370. The zero-order valence-corrected chi connectivity index (χ0v) is 23.2. The number of phenolic OH excluding ortho intramolecular Hbond substituents is 1. The lowest BCUT2D eigenvalue weighted by Gasteiger charge is -2.56. The Labute approximate surface area is 236 Å². The number of aromatic hydroxyl groups is 1. The fourth-order valence-corrected chi connectivity index (χ4v) is 6.80. The van der Waals surface area contributed by atoms with Gasteiger partial charge in [-0.05, 0) is 49.7 Å². The van der Waals surface area contributed by atoms with Gasteiger partial charge in [0.15, 0.2) is 40.4 Å². The molecule has 1 amide bonds. The molecule has 4 rings (SSSR count). The van der Waals surface area contributed by atoms with Crippen molar-refractivity contribution in [3.8, 4) is 5.75 Å². The molecule has 5 N–H and O–H groups in total. The summed E-state index contributed by atoms with van der Waals surface area (Å²) in [6.45, 7) is 3.75. The number of phenols is 1. The molecule has 1 aromatic carbocycles. The first-order chi connectivity index (χ1) is 19.2. The minimum atomic E-state index is -3.06. The zero-order valence-electron chi connectivity index (χ0n) is 23.2. The van der Waals surface area contributed by atoms with Gasteiger partial charge in [0.05, 0.1) is 29.5 Å². The van der Waals surface area contributed by atoms with Crippen LogP contribution in [-0.2, 0) is 28.7 Å². The lowest BCUT2D eigenvalue weighted by Crippen LogP contribution is -2.77. The van der Waals surface area contributed by atoms with Crippen LogP contribution in [0.15, 0.2) is 18.2 Å². The third-order valence-electron chi connectivity index (χ3n) is 8.54. The summed E-state index contributed by atoms with van der Waals surface area (Å²) >= 11 is 0. The molecule has 3 aliphatic rings. The van der Waals surface area contributed by atoms with Crippen LogP contribution >= 0.6 is 0 Å². The van der Waals surface area contributed by atoms with Crippen LogP contribution in [0.1, 0.15) is 47.7 Å². The third kappa shape index (κ3) is 4.55. The smallest absolute Gasteiger partial charge is 0.235 e. The topological polar surface area (TPSA) is 202 Å². The van der Waals surface area contributed by atoms with Gasteiger partial charge in [-0.15, -0.1) is 0 Å². The van der Waals surface area contributed by atoms with Gasteiger partial charge in [0.2, 0.25) is 5.91 Å². The van der Waals surface area contributed by atoms with E-state index in [1.165, 1.54) is 43.3 Å². The second kappa shape index (κ2) is 11.0. The molecule has 2 unspecified atom stereocenters. The van der Waals surface area contributed by atoms with Gasteiger partial charge in [-0.25, -0.2) is 0 Å². The molecule has 12 heteroatoms. The normalized spacial score (nSPS) is 33.1. The van der Waals surface area contributed by atoms with Crippen LogP contribution < -0.4 is 5.73 Å². The summed E-state index contributed by atoms with van der Waals surface area (Å²) in [5.74, 6) is -14.5. The number of nitrogens with two attached hydrogens (primary N) is 1. The predicted molar refractivity (Wildman–Crippen MR) is 143 cm³/mol. The number of amides is 1. The minimum Gasteiger partial charge on any atom is -0.507 e. The van der Waals surface area contributed by atoms with Crippen LogP contribution in [-0.4, -0.2) is 100 Å². The Kier molecular flexibility index (Phi) is 8.16. The van der Waals surface area contributed by atoms with Crippen LogP contribution in [0.25, 0.3) is 6.08 Å². The van der Waals surface area contributed by atoms with Crippen molar-refractivity contribution in [2.45, 2.75) is 43.9 Å². The number of carbonyl (C=O) groups is 6. The monoisotopic (exact) mass is 570 g/mol. The lowest BCUT2D eigenvalue weighted by atomic mass is 9.49. The van der Waals surface area contributed by atoms with Gasteiger partial charge in [0.1, 0.15) is 12.4 Å². The zero-order chi connectivity index (χ0) is 30.5. The molecular formula is C29H34N2O10. The first-order valence-electron chi connectivity index (χ1n) is 13.4. The van der Waals surface area contributed by atoms with Crippen LogP contribution in [0.5, 0.6) is 5.75 Å². The number of carbonyl (C=O) groups excluding carboxylic acids is 6. The number of rotatable bonds is 8. The molecule has 220 valence electrons. The second-order valence-electron chi connectivity index (χ2n) is 11.2. The number of ether oxygens (including phenoxy) is 1. The number of hydrogen-bond donors (Lipinski definition) is 4. The number of nitrogens with zero attached hydrogens (tertiary/aromatic N) is 1. The number of benzene rings is 1. The molecule has 8 atom stereocenters. The van der Waals surface area contributed by atoms with E-state index in [1.54, 1.807) is 6.92 Å². The largest absolute Gasteiger partial charge is 0.507 e. The summed E-state index contributed by atoms with van der Waals surface area (Å²) in [5, 5.41) is 34.1. The van der Waals surface area contributed by atoms with Crippen LogP contribution in [0.2, 0.25) is 0 Å². The average molecular weight is 571 g/mol. The fraction of sp³-hybridized carbons (Fsp3) is 0.517. The van der Waals surface area contributed by atoms with Crippen LogP contribution in [0.3, 0.4) is 0 Å². The maximum absolute atomic E-state index is 14.0. The number of likely N-dealkylation sites (N-methyl/N-ethyl adjacent to an activating group) is 1. The fourth-order valence-electron chi connectivity index (χ4n) is 6.80. The maximum atomic E-state index is 14.0. The molecule has 0 radical (unpaired) electrons. The average Bonchev–Trinajstić information content (AvgIpc) is 2.89. The van der Waals surface area contributed by atoms with Gasteiger partial charge in [-0.1, -0.05) is 26.0 Å². The molecule has 0 bridgehead atoms. The summed E-state index contributed by atoms with van der Waals surface area (Å²) < 4.78 is 5.25. The summed E-state index contributed by atoms with van der Waals surface area (Å²) in [5.41, 5.74) is 2.64. The minimum absolute atomic E-state index is 0.155. The van der Waals surface area contributed by atoms with Crippen molar-refractivity contribution in [3.63, 3.8) is 0 Å². The molecule has 0 saturated heterocycles. The molecule has 41 heavy (non-hydrogen) atoms. The number of Topliss-reactive ketones (excluding diaryl/α,β-unsaturated/α-hetero) is 4. The highest BCUT2D eigenvalue weighted by Crippen LogP contribution is 2.55. The van der Waals surface area contributed by atoms with E-state index in [0.717, 1.165) is 6.42 Å². The molecule has 0 aliphatic heterocycles. The van der Waals surface area contributed by atoms with Gasteiger partial charge < -0.3 is 25.8 Å². The number of ketones is 5. The Morgan fingerprint density at radius 3 is 2.39 bits per heavy atom. The third-order valence-corrected chi connectivity index (χ3v) is 8.54. The van der Waals surface area contributed by atoms with E-state index in [2.05, 4.69) is 0 Å². The summed E-state index contributed by atoms with van der Waals surface area (Å²) in [7, 11) is 2.85. The highest BCUT2D eigenvalue weighted by atomic mass is 16.5. The molecule has 0 heterocycles. The van der Waals surface area contributed by atoms with Crippen molar-refractivity contribution >= 4 is 40.9 Å². The van der Waals surface area contributed by atoms with Gasteiger partial charge in [0, 0.05) is 12.5 Å². The van der Waals surface area contributed by atoms with E-state index >= 15 is 0 Å². The highest BCUT2D eigenvalue weighted by Gasteiger charge is 2.73. The van der Waals surface area contributed by atoms with Crippen molar-refractivity contribution in [1.29, 1.82) is 0 Å². The lowest BCUT2D eigenvalue weighted by molar-refractivity contribution is -0.196. The summed E-state index contributed by atoms with van der Waals surface area (Å²) in [4.78, 5) is 80.2. The van der Waals surface area contributed by atoms with Crippen LogP contribution in [0, 0.1) is 23.7 Å². The number of primary amides is 1. The number of fused-ring (bicyclic) bond motifs is 3. The van der Waals surface area contributed by atoms with E-state index < -0.39 is 82.1 Å². The molecule has 2 saturated carbocycles.